The number of benzene rings is 1. The molecular formula is C25H34O11S. The Morgan fingerprint density at radius 3 is 1.73 bits per heavy atom. The molecule has 0 spiro atoms. The number of esters is 4. The number of carbonyl (C=O) groups is 4. The van der Waals surface area contributed by atoms with E-state index in [0.29, 0.717) is 5.56 Å². The predicted molar refractivity (Wildman–Crippen MR) is 130 cm³/mol. The standard InChI is InChI=1S/C25H34O11S/c1-14(26)32-12-20-21(33-15(2)27)22(34-16(3)28)23(35-17(4)29)24(36-20)37(30,31)13-18-8-10-19(11-9-18)25(5,6)7/h8-11,20-24H,12-13H2,1-7H3/t20-,21-,22+,23+,24-/m1/s1. The van der Waals surface area contributed by atoms with E-state index in [1.807, 2.05) is 32.9 Å². The van der Waals surface area contributed by atoms with Crippen molar-refractivity contribution in [2.75, 3.05) is 6.61 Å². The molecule has 1 aliphatic heterocycles. The zero-order valence-corrected chi connectivity index (χ0v) is 22.8. The summed E-state index contributed by atoms with van der Waals surface area (Å²) in [5.41, 5.74) is -0.519. The van der Waals surface area contributed by atoms with Gasteiger partial charge in [-0.05, 0) is 16.5 Å². The molecular weight excluding hydrogens is 508 g/mol. The first-order valence-corrected chi connectivity index (χ1v) is 13.3. The van der Waals surface area contributed by atoms with E-state index in [1.54, 1.807) is 12.1 Å². The van der Waals surface area contributed by atoms with Crippen LogP contribution in [0.5, 0.6) is 0 Å². The largest absolute Gasteiger partial charge is 0.463 e. The Kier molecular flexibility index (Phi) is 9.84. The maximum Gasteiger partial charge on any atom is 0.303 e. The summed E-state index contributed by atoms with van der Waals surface area (Å²) in [6, 6.07) is 6.97. The fourth-order valence-corrected chi connectivity index (χ4v) is 5.65. The van der Waals surface area contributed by atoms with Crippen LogP contribution in [-0.2, 0) is 63.9 Å². The van der Waals surface area contributed by atoms with E-state index in [4.69, 9.17) is 23.7 Å². The highest BCUT2D eigenvalue weighted by Crippen LogP contribution is 2.33. The van der Waals surface area contributed by atoms with E-state index in [1.165, 1.54) is 0 Å². The summed E-state index contributed by atoms with van der Waals surface area (Å²) in [5.74, 6) is -3.72. The zero-order valence-electron chi connectivity index (χ0n) is 22.0. The molecule has 2 rings (SSSR count). The van der Waals surface area contributed by atoms with Crippen LogP contribution in [0, 0.1) is 0 Å². The van der Waals surface area contributed by atoms with Gasteiger partial charge in [0.15, 0.2) is 33.6 Å². The summed E-state index contributed by atoms with van der Waals surface area (Å²) < 4.78 is 53.8. The summed E-state index contributed by atoms with van der Waals surface area (Å²) in [6.45, 7) is 9.88. The SMILES string of the molecule is CC(=O)OC[C@H]1O[C@H](S(=O)(=O)Cc2ccc(C(C)(C)C)cc2)[C@@H](OC(C)=O)[C@@H](OC(C)=O)[C@@H]1OC(C)=O. The summed E-state index contributed by atoms with van der Waals surface area (Å²) in [7, 11) is -4.24. The monoisotopic (exact) mass is 542 g/mol. The van der Waals surface area contributed by atoms with Crippen LogP contribution in [0.25, 0.3) is 0 Å². The first-order chi connectivity index (χ1) is 17.0. The van der Waals surface area contributed by atoms with Crippen molar-refractivity contribution in [2.45, 2.75) is 89.5 Å². The average Bonchev–Trinajstić information content (AvgIpc) is 2.73. The first kappa shape index (κ1) is 30.2. The smallest absolute Gasteiger partial charge is 0.303 e. The minimum absolute atomic E-state index is 0.142. The van der Waals surface area contributed by atoms with Gasteiger partial charge in [-0.2, -0.15) is 0 Å². The molecule has 5 atom stereocenters. The van der Waals surface area contributed by atoms with Crippen LogP contribution in [-0.4, -0.2) is 68.8 Å². The predicted octanol–water partition coefficient (Wildman–Crippen LogP) is 1.98. The lowest BCUT2D eigenvalue weighted by atomic mass is 9.87. The minimum atomic E-state index is -4.24. The van der Waals surface area contributed by atoms with Crippen molar-refractivity contribution in [3.63, 3.8) is 0 Å². The molecule has 0 unspecified atom stereocenters. The van der Waals surface area contributed by atoms with Gasteiger partial charge in [0.05, 0.1) is 5.75 Å². The molecule has 1 fully saturated rings. The van der Waals surface area contributed by atoms with Crippen LogP contribution < -0.4 is 0 Å². The van der Waals surface area contributed by atoms with E-state index < -0.39 is 75.9 Å². The molecule has 1 aliphatic rings. The molecule has 1 aromatic rings. The van der Waals surface area contributed by atoms with Crippen molar-refractivity contribution in [2.24, 2.45) is 0 Å². The highest BCUT2D eigenvalue weighted by molar-refractivity contribution is 7.91. The molecule has 0 amide bonds. The highest BCUT2D eigenvalue weighted by Gasteiger charge is 2.56. The van der Waals surface area contributed by atoms with E-state index in [2.05, 4.69) is 0 Å². The van der Waals surface area contributed by atoms with E-state index in [0.717, 1.165) is 33.3 Å². The molecule has 1 saturated heterocycles. The van der Waals surface area contributed by atoms with Crippen molar-refractivity contribution < 1.29 is 51.3 Å². The van der Waals surface area contributed by atoms with Crippen LogP contribution in [0.4, 0.5) is 0 Å². The lowest BCUT2D eigenvalue weighted by molar-refractivity contribution is -0.238. The highest BCUT2D eigenvalue weighted by atomic mass is 32.2. The van der Waals surface area contributed by atoms with Crippen molar-refractivity contribution in [3.05, 3.63) is 35.4 Å². The van der Waals surface area contributed by atoms with Crippen LogP contribution >= 0.6 is 0 Å². The molecule has 37 heavy (non-hydrogen) atoms. The Morgan fingerprint density at radius 2 is 1.27 bits per heavy atom. The maximum atomic E-state index is 13.6. The van der Waals surface area contributed by atoms with Crippen molar-refractivity contribution in [1.82, 2.24) is 0 Å². The molecule has 0 radical (unpaired) electrons. The maximum absolute atomic E-state index is 13.6. The van der Waals surface area contributed by atoms with Gasteiger partial charge < -0.3 is 23.7 Å². The molecule has 0 N–H and O–H groups in total. The second kappa shape index (κ2) is 12.0. The van der Waals surface area contributed by atoms with Crippen LogP contribution in [0.3, 0.4) is 0 Å². The fraction of sp³-hybridized carbons (Fsp3) is 0.600. The summed E-state index contributed by atoms with van der Waals surface area (Å²) in [5, 5.41) is 0. The van der Waals surface area contributed by atoms with Gasteiger partial charge >= 0.3 is 23.9 Å². The van der Waals surface area contributed by atoms with E-state index >= 15 is 0 Å². The van der Waals surface area contributed by atoms with Gasteiger partial charge in [-0.25, -0.2) is 8.42 Å². The Morgan fingerprint density at radius 1 is 0.784 bits per heavy atom. The Balaban J connectivity index is 2.53. The van der Waals surface area contributed by atoms with Crippen LogP contribution in [0.2, 0.25) is 0 Å². The molecule has 12 heteroatoms. The number of rotatable bonds is 8. The normalized spacial score (nSPS) is 24.0. The molecule has 0 bridgehead atoms. The average molecular weight is 543 g/mol. The summed E-state index contributed by atoms with van der Waals surface area (Å²) >= 11 is 0. The molecule has 0 aliphatic carbocycles. The zero-order chi connectivity index (χ0) is 28.1. The molecule has 1 heterocycles. The van der Waals surface area contributed by atoms with E-state index in [-0.39, 0.29) is 5.41 Å². The summed E-state index contributed by atoms with van der Waals surface area (Å²) in [6.07, 6.45) is -5.99. The Labute approximate surface area is 216 Å². The van der Waals surface area contributed by atoms with Gasteiger partial charge in [-0.1, -0.05) is 45.0 Å². The van der Waals surface area contributed by atoms with Crippen molar-refractivity contribution >= 4 is 33.7 Å². The van der Waals surface area contributed by atoms with Gasteiger partial charge in [-0.15, -0.1) is 0 Å². The van der Waals surface area contributed by atoms with Gasteiger partial charge in [0.2, 0.25) is 0 Å². The lowest BCUT2D eigenvalue weighted by Gasteiger charge is -2.44. The molecule has 11 nitrogen and oxygen atoms in total. The second-order valence-electron chi connectivity index (χ2n) is 9.82. The number of hydrogen-bond acceptors (Lipinski definition) is 11. The van der Waals surface area contributed by atoms with Gasteiger partial charge in [0, 0.05) is 27.7 Å². The van der Waals surface area contributed by atoms with Gasteiger partial charge in [0.1, 0.15) is 12.7 Å². The lowest BCUT2D eigenvalue weighted by Crippen LogP contribution is -2.64. The minimum Gasteiger partial charge on any atom is -0.463 e. The number of ether oxygens (including phenoxy) is 5. The molecule has 1 aromatic carbocycles. The van der Waals surface area contributed by atoms with E-state index in [9.17, 15) is 27.6 Å². The topological polar surface area (TPSA) is 149 Å². The number of hydrogen-bond donors (Lipinski definition) is 0. The first-order valence-electron chi connectivity index (χ1n) is 11.6. The van der Waals surface area contributed by atoms with Gasteiger partial charge in [-0.3, -0.25) is 19.2 Å². The summed E-state index contributed by atoms with van der Waals surface area (Å²) in [4.78, 5) is 47.1. The quantitative estimate of drug-likeness (QED) is 0.351. The molecule has 0 aromatic heterocycles. The Bertz CT molecular complexity index is 1100. The molecule has 0 saturated carbocycles. The van der Waals surface area contributed by atoms with Gasteiger partial charge in [0.25, 0.3) is 0 Å². The van der Waals surface area contributed by atoms with Crippen LogP contribution in [0.1, 0.15) is 59.6 Å². The fourth-order valence-electron chi connectivity index (χ4n) is 3.89. The third-order valence-electron chi connectivity index (χ3n) is 5.49. The number of carbonyl (C=O) groups excluding carboxylic acids is 4. The van der Waals surface area contributed by atoms with Crippen LogP contribution in [0.15, 0.2) is 24.3 Å². The van der Waals surface area contributed by atoms with Crippen molar-refractivity contribution in [1.29, 1.82) is 0 Å². The number of sulfone groups is 1. The third kappa shape index (κ3) is 8.53. The van der Waals surface area contributed by atoms with Crippen molar-refractivity contribution in [3.8, 4) is 0 Å². The molecule has 206 valence electrons. The third-order valence-corrected chi connectivity index (χ3v) is 7.31. The second-order valence-corrected chi connectivity index (χ2v) is 11.9. The Hall–Kier alpha value is -2.99.